The molecule has 0 saturated heterocycles. The highest BCUT2D eigenvalue weighted by atomic mass is 32.1. The van der Waals surface area contributed by atoms with E-state index in [0.717, 1.165) is 44.2 Å². The maximum atomic E-state index is 13.4. The molecule has 0 unspecified atom stereocenters. The number of rotatable bonds is 5. The molecule has 1 amide bonds. The van der Waals surface area contributed by atoms with Crippen LogP contribution in [0.4, 0.5) is 11.6 Å². The summed E-state index contributed by atoms with van der Waals surface area (Å²) < 4.78 is 6.83. The molecule has 0 saturated carbocycles. The van der Waals surface area contributed by atoms with E-state index < -0.39 is 5.91 Å². The topological polar surface area (TPSA) is 100.0 Å². The quantitative estimate of drug-likeness (QED) is 0.229. The van der Waals surface area contributed by atoms with E-state index in [0.29, 0.717) is 15.4 Å². The number of hydrogen-bond donors (Lipinski definition) is 1. The second-order valence-electron chi connectivity index (χ2n) is 9.21. The molecule has 8 heteroatoms. The molecule has 40 heavy (non-hydrogen) atoms. The van der Waals surface area contributed by atoms with Gasteiger partial charge in [-0.05, 0) is 32.6 Å². The summed E-state index contributed by atoms with van der Waals surface area (Å²) in [6.07, 6.45) is 1.56. The number of hydrogen-bond acceptors (Lipinski definition) is 6. The van der Waals surface area contributed by atoms with Crippen LogP contribution >= 0.6 is 11.3 Å². The van der Waals surface area contributed by atoms with Crippen LogP contribution in [-0.2, 0) is 0 Å². The Balaban J connectivity index is 1.34. The highest BCUT2D eigenvalue weighted by Gasteiger charge is 2.20. The van der Waals surface area contributed by atoms with Crippen molar-refractivity contribution >= 4 is 49.8 Å². The van der Waals surface area contributed by atoms with Crippen molar-refractivity contribution in [2.24, 2.45) is 0 Å². The molecule has 0 aliphatic carbocycles. The van der Waals surface area contributed by atoms with Crippen LogP contribution in [0.2, 0.25) is 0 Å². The minimum atomic E-state index is -0.511. The first-order valence-corrected chi connectivity index (χ1v) is 13.4. The fourth-order valence-electron chi connectivity index (χ4n) is 4.85. The van der Waals surface area contributed by atoms with Gasteiger partial charge in [0, 0.05) is 23.1 Å². The number of thiophene rings is 1. The van der Waals surface area contributed by atoms with Crippen molar-refractivity contribution in [3.05, 3.63) is 126 Å². The Labute approximate surface area is 233 Å². The van der Waals surface area contributed by atoms with Crippen molar-refractivity contribution in [1.82, 2.24) is 10.3 Å². The zero-order valence-corrected chi connectivity index (χ0v) is 21.9. The molecule has 192 valence electrons. The van der Waals surface area contributed by atoms with Gasteiger partial charge in [-0.25, -0.2) is 4.98 Å². The number of fused-ring (bicyclic) bond motifs is 2. The number of para-hydroxylation sites is 1. The molecule has 0 atom stereocenters. The molecule has 4 aromatic carbocycles. The number of carbonyl (C=O) groups is 1. The van der Waals surface area contributed by atoms with Gasteiger partial charge in [0.1, 0.15) is 16.6 Å². The molecular formula is C32H21N5O2S. The maximum Gasteiger partial charge on any atom is 0.241 e. The van der Waals surface area contributed by atoms with Gasteiger partial charge in [-0.3, -0.25) is 0 Å². The largest absolute Gasteiger partial charge is 0.583 e. The zero-order valence-electron chi connectivity index (χ0n) is 21.1. The monoisotopic (exact) mass is 539 g/mol. The number of aromatic nitrogens is 3. The van der Waals surface area contributed by atoms with Crippen LogP contribution in [-0.4, -0.2) is 16.2 Å². The second-order valence-corrected chi connectivity index (χ2v) is 10.2. The minimum absolute atomic E-state index is 0.0818. The molecule has 2 N–H and O–H groups in total. The molecule has 0 fully saturated rings. The smallest absolute Gasteiger partial charge is 0.241 e. The summed E-state index contributed by atoms with van der Waals surface area (Å²) in [5.41, 5.74) is 11.5. The summed E-state index contributed by atoms with van der Waals surface area (Å²) in [6.45, 7) is 0. The van der Waals surface area contributed by atoms with Crippen molar-refractivity contribution < 1.29 is 14.0 Å². The lowest BCUT2D eigenvalue weighted by Gasteiger charge is -2.12. The third-order valence-electron chi connectivity index (χ3n) is 6.73. The Morgan fingerprint density at radius 1 is 0.850 bits per heavy atom. The lowest BCUT2D eigenvalue weighted by Crippen LogP contribution is -2.30. The number of pyridine rings is 1. The van der Waals surface area contributed by atoms with Crippen LogP contribution in [0.3, 0.4) is 0 Å². The number of nitrogens with zero attached hydrogens (tertiary/aromatic N) is 4. The van der Waals surface area contributed by atoms with Crippen molar-refractivity contribution in [3.8, 4) is 28.1 Å². The molecule has 0 bridgehead atoms. The summed E-state index contributed by atoms with van der Waals surface area (Å²) in [5.74, 6) is -0.430. The van der Waals surface area contributed by atoms with Gasteiger partial charge in [0.15, 0.2) is 0 Å². The Kier molecular flexibility index (Phi) is 5.79. The first-order valence-electron chi connectivity index (χ1n) is 12.6. The summed E-state index contributed by atoms with van der Waals surface area (Å²) in [6, 6.07) is 35.9. The molecule has 0 spiro atoms. The fourth-order valence-corrected chi connectivity index (χ4v) is 5.86. The first kappa shape index (κ1) is 23.8. The first-order chi connectivity index (χ1) is 19.7. The molecular weight excluding hydrogens is 518 g/mol. The fraction of sp³-hybridized carbons (Fsp3) is 0. The lowest BCUT2D eigenvalue weighted by atomic mass is 9.97. The Morgan fingerprint density at radius 2 is 1.57 bits per heavy atom. The van der Waals surface area contributed by atoms with Gasteiger partial charge >= 0.3 is 0 Å². The van der Waals surface area contributed by atoms with Gasteiger partial charge in [-0.1, -0.05) is 91.0 Å². The zero-order chi connectivity index (χ0) is 27.1. The van der Waals surface area contributed by atoms with E-state index in [9.17, 15) is 4.79 Å². The van der Waals surface area contributed by atoms with E-state index in [4.69, 9.17) is 15.2 Å². The Hall–Kier alpha value is -5.34. The van der Waals surface area contributed by atoms with Crippen LogP contribution < -0.4 is 10.4 Å². The normalized spacial score (nSPS) is 11.2. The van der Waals surface area contributed by atoms with Crippen LogP contribution in [0.1, 0.15) is 9.67 Å². The van der Waals surface area contributed by atoms with E-state index >= 15 is 0 Å². The predicted molar refractivity (Wildman–Crippen MR) is 158 cm³/mol. The molecule has 3 heterocycles. The van der Waals surface area contributed by atoms with Crippen molar-refractivity contribution in [3.63, 3.8) is 0 Å². The number of nitrogen functional groups attached to an aromatic ring is 1. The predicted octanol–water partition coefficient (Wildman–Crippen LogP) is 7.48. The van der Waals surface area contributed by atoms with Crippen molar-refractivity contribution in [1.29, 1.82) is 0 Å². The number of nitrogens with two attached hydrogens (primary N) is 1. The maximum absolute atomic E-state index is 13.4. The van der Waals surface area contributed by atoms with Gasteiger partial charge in [-0.15, -0.1) is 11.3 Å². The average molecular weight is 540 g/mol. The Morgan fingerprint density at radius 3 is 2.40 bits per heavy atom. The molecule has 3 aromatic heterocycles. The van der Waals surface area contributed by atoms with Crippen molar-refractivity contribution in [2.45, 2.75) is 0 Å². The number of anilines is 1. The number of carbonyl (C=O) groups excluding carboxylic acids is 1. The van der Waals surface area contributed by atoms with E-state index in [2.05, 4.69) is 34.9 Å². The summed E-state index contributed by atoms with van der Waals surface area (Å²) in [4.78, 5) is 19.3. The molecule has 0 radical (unpaired) electrons. The van der Waals surface area contributed by atoms with Gasteiger partial charge in [0.2, 0.25) is 17.2 Å². The van der Waals surface area contributed by atoms with Gasteiger partial charge in [0.25, 0.3) is 0 Å². The van der Waals surface area contributed by atoms with Crippen LogP contribution in [0.25, 0.3) is 54.4 Å². The van der Waals surface area contributed by atoms with Crippen LogP contribution in [0.5, 0.6) is 0 Å². The molecule has 0 aliphatic rings. The van der Waals surface area contributed by atoms with Gasteiger partial charge < -0.3 is 20.4 Å². The third-order valence-corrected chi connectivity index (χ3v) is 7.82. The number of benzene rings is 4. The van der Waals surface area contributed by atoms with E-state index in [-0.39, 0.29) is 5.88 Å². The third kappa shape index (κ3) is 4.16. The highest BCUT2D eigenvalue weighted by molar-refractivity contribution is 7.21. The standard InChI is InChI=1S/C32H21N5O2S/c33-29-28-25(21-10-3-1-4-11-21)18-26(24-17-9-13-20-12-7-8-16-23(20)24)34-32(28)40-30(29)31(38)35-27-19-37(36-39-27)22-14-5-2-6-15-22/h1-19H,(H2-,33,35,36,38). The van der Waals surface area contributed by atoms with Crippen LogP contribution in [0.15, 0.2) is 120 Å². The summed E-state index contributed by atoms with van der Waals surface area (Å²) in [5, 5.41) is 11.1. The molecule has 7 nitrogen and oxygen atoms in total. The SMILES string of the molecule is Nc1c(C(=O)[N-]c2c[n+](-c3ccccc3)no2)sc2nc(-c3cccc4ccccc34)cc(-c3ccccc3)c12. The Bertz CT molecular complexity index is 2010. The average Bonchev–Trinajstić information content (AvgIpc) is 3.61. The van der Waals surface area contributed by atoms with Gasteiger partial charge in [0.05, 0.1) is 16.3 Å². The van der Waals surface area contributed by atoms with Crippen LogP contribution in [0, 0.1) is 0 Å². The molecule has 7 rings (SSSR count). The van der Waals surface area contributed by atoms with Crippen molar-refractivity contribution in [2.75, 3.05) is 5.73 Å². The van der Waals surface area contributed by atoms with E-state index in [1.165, 1.54) is 16.0 Å². The van der Waals surface area contributed by atoms with E-state index in [1.54, 1.807) is 6.20 Å². The number of amides is 1. The minimum Gasteiger partial charge on any atom is -0.583 e. The summed E-state index contributed by atoms with van der Waals surface area (Å²) >= 11 is 1.23. The summed E-state index contributed by atoms with van der Waals surface area (Å²) in [7, 11) is 0. The highest BCUT2D eigenvalue weighted by Crippen LogP contribution is 2.43. The molecule has 0 aliphatic heterocycles. The second kappa shape index (κ2) is 9.76. The molecule has 7 aromatic rings. The lowest BCUT2D eigenvalue weighted by molar-refractivity contribution is -0.670. The van der Waals surface area contributed by atoms with E-state index in [1.807, 2.05) is 84.9 Å². The van der Waals surface area contributed by atoms with Gasteiger partial charge in [-0.2, -0.15) is 0 Å².